The maximum absolute atomic E-state index is 13.0. The molecule has 0 aromatic heterocycles. The fourth-order valence-corrected chi connectivity index (χ4v) is 5.16. The Labute approximate surface area is 178 Å². The Morgan fingerprint density at radius 1 is 1.00 bits per heavy atom. The van der Waals surface area contributed by atoms with Gasteiger partial charge in [0.1, 0.15) is 0 Å². The van der Waals surface area contributed by atoms with Crippen LogP contribution < -0.4 is 0 Å². The van der Waals surface area contributed by atoms with E-state index in [1.165, 1.54) is 28.6 Å². The lowest BCUT2D eigenvalue weighted by molar-refractivity contribution is -0.138. The molecule has 2 aromatic rings. The molecule has 1 heterocycles. The van der Waals surface area contributed by atoms with Gasteiger partial charge in [-0.25, -0.2) is 8.42 Å². The molecule has 1 fully saturated rings. The van der Waals surface area contributed by atoms with Crippen molar-refractivity contribution < 1.29 is 31.5 Å². The van der Waals surface area contributed by atoms with E-state index < -0.39 is 27.7 Å². The van der Waals surface area contributed by atoms with E-state index in [-0.39, 0.29) is 24.4 Å². The van der Waals surface area contributed by atoms with E-state index in [4.69, 9.17) is 5.11 Å². The van der Waals surface area contributed by atoms with Gasteiger partial charge in [0, 0.05) is 32.7 Å². The number of aryl methyl sites for hydroxylation is 1. The Hall–Kier alpha value is -2.43. The minimum absolute atomic E-state index is 0.0694. The van der Waals surface area contributed by atoms with E-state index in [1.54, 1.807) is 13.0 Å². The SMILES string of the molecule is Cc1cc(CC(=O)O)cc(S(=O)(=O)N2CCN(Cc3ccc(C(F)(F)F)cc3)CC2)c1. The number of hydrogen-bond acceptors (Lipinski definition) is 4. The summed E-state index contributed by atoms with van der Waals surface area (Å²) in [7, 11) is -3.77. The Balaban J connectivity index is 1.65. The Bertz CT molecular complexity index is 1050. The molecular formula is C21H23F3N2O4S. The highest BCUT2D eigenvalue weighted by Crippen LogP contribution is 2.29. The molecule has 1 N–H and O–H groups in total. The lowest BCUT2D eigenvalue weighted by Gasteiger charge is -2.34. The summed E-state index contributed by atoms with van der Waals surface area (Å²) in [6.45, 7) is 3.50. The first kappa shape index (κ1) is 23.2. The number of carboxylic acid groups (broad SMARTS) is 1. The summed E-state index contributed by atoms with van der Waals surface area (Å²) in [5.41, 5.74) is 1.11. The largest absolute Gasteiger partial charge is 0.481 e. The van der Waals surface area contributed by atoms with Crippen LogP contribution in [0, 0.1) is 6.92 Å². The van der Waals surface area contributed by atoms with Gasteiger partial charge in [0.05, 0.1) is 16.9 Å². The van der Waals surface area contributed by atoms with Crippen molar-refractivity contribution in [2.24, 2.45) is 0 Å². The molecule has 0 amide bonds. The average molecular weight is 456 g/mol. The minimum atomic E-state index is -4.38. The first-order valence-corrected chi connectivity index (χ1v) is 11.1. The average Bonchev–Trinajstić information content (AvgIpc) is 2.67. The predicted octanol–water partition coefficient (Wildman–Crippen LogP) is 3.15. The maximum Gasteiger partial charge on any atom is 0.416 e. The third-order valence-electron chi connectivity index (χ3n) is 5.12. The van der Waals surface area contributed by atoms with E-state index >= 15 is 0 Å². The third kappa shape index (κ3) is 5.84. The van der Waals surface area contributed by atoms with Crippen molar-refractivity contribution in [3.8, 4) is 0 Å². The van der Waals surface area contributed by atoms with Gasteiger partial charge in [-0.15, -0.1) is 0 Å². The molecule has 1 saturated heterocycles. The predicted molar refractivity (Wildman–Crippen MR) is 108 cm³/mol. The quantitative estimate of drug-likeness (QED) is 0.723. The van der Waals surface area contributed by atoms with E-state index in [0.29, 0.717) is 30.8 Å². The Morgan fingerprint density at radius 2 is 1.61 bits per heavy atom. The summed E-state index contributed by atoms with van der Waals surface area (Å²) >= 11 is 0. The number of alkyl halides is 3. The smallest absolute Gasteiger partial charge is 0.416 e. The molecule has 168 valence electrons. The number of rotatable bonds is 6. The van der Waals surface area contributed by atoms with Gasteiger partial charge in [0.15, 0.2) is 0 Å². The minimum Gasteiger partial charge on any atom is -0.481 e. The van der Waals surface area contributed by atoms with Gasteiger partial charge in [0.25, 0.3) is 0 Å². The number of piperazine rings is 1. The number of sulfonamides is 1. The summed E-state index contributed by atoms with van der Waals surface area (Å²) < 4.78 is 65.5. The second-order valence-corrected chi connectivity index (χ2v) is 9.54. The van der Waals surface area contributed by atoms with Crippen LogP contribution in [0.4, 0.5) is 13.2 Å². The summed E-state index contributed by atoms with van der Waals surface area (Å²) in [5.74, 6) is -1.04. The third-order valence-corrected chi connectivity index (χ3v) is 7.00. The van der Waals surface area contributed by atoms with Gasteiger partial charge in [-0.2, -0.15) is 17.5 Å². The lowest BCUT2D eigenvalue weighted by atomic mass is 10.1. The van der Waals surface area contributed by atoms with Crippen LogP contribution in [0.25, 0.3) is 0 Å². The number of carboxylic acids is 1. The summed E-state index contributed by atoms with van der Waals surface area (Å²) in [4.78, 5) is 13.0. The molecule has 6 nitrogen and oxygen atoms in total. The summed E-state index contributed by atoms with van der Waals surface area (Å²) in [6.07, 6.45) is -4.64. The zero-order valence-electron chi connectivity index (χ0n) is 16.9. The number of carbonyl (C=O) groups is 1. The molecule has 0 aliphatic carbocycles. The van der Waals surface area contributed by atoms with E-state index in [0.717, 1.165) is 17.7 Å². The lowest BCUT2D eigenvalue weighted by Crippen LogP contribution is -2.48. The van der Waals surface area contributed by atoms with Crippen LogP contribution in [0.1, 0.15) is 22.3 Å². The molecule has 0 radical (unpaired) electrons. The zero-order valence-corrected chi connectivity index (χ0v) is 17.7. The molecule has 0 unspecified atom stereocenters. The summed E-state index contributed by atoms with van der Waals surface area (Å²) in [6, 6.07) is 9.52. The van der Waals surface area contributed by atoms with Crippen LogP contribution in [0.5, 0.6) is 0 Å². The van der Waals surface area contributed by atoms with Crippen molar-refractivity contribution in [1.82, 2.24) is 9.21 Å². The highest BCUT2D eigenvalue weighted by Gasteiger charge is 2.31. The molecule has 3 rings (SSSR count). The van der Waals surface area contributed by atoms with Gasteiger partial charge in [-0.3, -0.25) is 9.69 Å². The van der Waals surface area contributed by atoms with Gasteiger partial charge in [-0.05, 0) is 47.9 Å². The van der Waals surface area contributed by atoms with Crippen LogP contribution in [0.3, 0.4) is 0 Å². The van der Waals surface area contributed by atoms with Crippen molar-refractivity contribution in [3.63, 3.8) is 0 Å². The van der Waals surface area contributed by atoms with Crippen molar-refractivity contribution in [3.05, 3.63) is 64.7 Å². The monoisotopic (exact) mass is 456 g/mol. The molecular weight excluding hydrogens is 433 g/mol. The molecule has 0 bridgehead atoms. The summed E-state index contributed by atoms with van der Waals surface area (Å²) in [5, 5.41) is 8.98. The Morgan fingerprint density at radius 3 is 2.16 bits per heavy atom. The highest BCUT2D eigenvalue weighted by atomic mass is 32.2. The van der Waals surface area contributed by atoms with Crippen LogP contribution in [-0.4, -0.2) is 54.9 Å². The molecule has 1 aliphatic rings. The van der Waals surface area contributed by atoms with E-state index in [2.05, 4.69) is 0 Å². The molecule has 2 aromatic carbocycles. The van der Waals surface area contributed by atoms with Crippen LogP contribution >= 0.6 is 0 Å². The molecule has 31 heavy (non-hydrogen) atoms. The standard InChI is InChI=1S/C21H23F3N2O4S/c1-15-10-17(13-20(27)28)12-19(11-15)31(29,30)26-8-6-25(7-9-26)14-16-2-4-18(5-3-16)21(22,23)24/h2-5,10-12H,6-9,13-14H2,1H3,(H,27,28). The van der Waals surface area contributed by atoms with Crippen molar-refractivity contribution in [1.29, 1.82) is 0 Å². The molecule has 1 aliphatic heterocycles. The molecule has 0 spiro atoms. The number of halogens is 3. The van der Waals surface area contributed by atoms with Gasteiger partial charge in [-0.1, -0.05) is 18.2 Å². The van der Waals surface area contributed by atoms with Crippen molar-refractivity contribution >= 4 is 16.0 Å². The topological polar surface area (TPSA) is 77.9 Å². The zero-order chi connectivity index (χ0) is 22.8. The van der Waals surface area contributed by atoms with E-state index in [1.807, 2.05) is 4.90 Å². The molecule has 0 atom stereocenters. The maximum atomic E-state index is 13.0. The fraction of sp³-hybridized carbons (Fsp3) is 0.381. The second kappa shape index (κ2) is 8.97. The van der Waals surface area contributed by atoms with Gasteiger partial charge >= 0.3 is 12.1 Å². The van der Waals surface area contributed by atoms with Crippen LogP contribution in [0.2, 0.25) is 0 Å². The Kier molecular flexibility index (Phi) is 6.73. The highest BCUT2D eigenvalue weighted by molar-refractivity contribution is 7.89. The van der Waals surface area contributed by atoms with Crippen molar-refractivity contribution in [2.75, 3.05) is 26.2 Å². The van der Waals surface area contributed by atoms with Crippen molar-refractivity contribution in [2.45, 2.75) is 31.0 Å². The normalized spacial score (nSPS) is 16.4. The van der Waals surface area contributed by atoms with E-state index in [9.17, 15) is 26.4 Å². The number of aliphatic carboxylic acids is 1. The first-order chi connectivity index (χ1) is 14.4. The first-order valence-electron chi connectivity index (χ1n) is 9.66. The molecule has 10 heteroatoms. The van der Waals surface area contributed by atoms with Crippen LogP contribution in [-0.2, 0) is 34.0 Å². The van der Waals surface area contributed by atoms with Gasteiger partial charge in [0.2, 0.25) is 10.0 Å². The fourth-order valence-electron chi connectivity index (χ4n) is 3.58. The molecule has 0 saturated carbocycles. The number of nitrogens with zero attached hydrogens (tertiary/aromatic N) is 2. The van der Waals surface area contributed by atoms with Crippen LogP contribution in [0.15, 0.2) is 47.4 Å². The second-order valence-electron chi connectivity index (χ2n) is 7.60. The van der Waals surface area contributed by atoms with Gasteiger partial charge < -0.3 is 5.11 Å². The number of benzene rings is 2. The number of hydrogen-bond donors (Lipinski definition) is 1.